The third-order valence-corrected chi connectivity index (χ3v) is 11.4. The Hall–Kier alpha value is -7.38. The lowest BCUT2D eigenvalue weighted by Crippen LogP contribution is -2.28. The first-order valence-corrected chi connectivity index (χ1v) is 20.8. The van der Waals surface area contributed by atoms with E-state index in [1.54, 1.807) is 18.5 Å². The Morgan fingerprint density at radius 1 is 0.651 bits per heavy atom. The molecule has 8 rings (SSSR count). The van der Waals surface area contributed by atoms with Crippen molar-refractivity contribution in [3.8, 4) is 0 Å². The first kappa shape index (κ1) is 45.2. The van der Waals surface area contributed by atoms with Crippen LogP contribution in [-0.4, -0.2) is 46.1 Å². The number of pyridine rings is 4. The molecule has 0 aliphatic heterocycles. The molecule has 2 aromatic carbocycles. The summed E-state index contributed by atoms with van der Waals surface area (Å²) in [5.74, 6) is -1.13. The fourth-order valence-electron chi connectivity index (χ4n) is 8.28. The first-order chi connectivity index (χ1) is 30.1. The Bertz CT molecular complexity index is 3040. The highest BCUT2D eigenvalue weighted by Crippen LogP contribution is 2.32. The predicted octanol–water partition coefficient (Wildman–Crippen LogP) is 8.29. The second kappa shape index (κ2) is 19.6. The average Bonchev–Trinajstić information content (AvgIpc) is 3.73. The number of aromatic amines is 2. The van der Waals surface area contributed by atoms with Crippen molar-refractivity contribution in [1.29, 1.82) is 0 Å². The number of hydrogen-bond donors (Lipinski definition) is 5. The fraction of sp³-hybridized carbons (Fsp3) is 0.240. The summed E-state index contributed by atoms with van der Waals surface area (Å²) < 4.78 is 4.09. The largest absolute Gasteiger partial charge is 0.478 e. The molecule has 6 heterocycles. The number of aryl methyl sites for hydroxylation is 4. The van der Waals surface area contributed by atoms with Gasteiger partial charge in [-0.15, -0.1) is 0 Å². The van der Waals surface area contributed by atoms with Crippen molar-refractivity contribution in [1.82, 2.24) is 34.4 Å². The number of hydrogen-bond acceptors (Lipinski definition) is 7. The maximum atomic E-state index is 13.3. The lowest BCUT2D eigenvalue weighted by Gasteiger charge is -2.17. The molecule has 0 saturated carbocycles. The lowest BCUT2D eigenvalue weighted by molar-refractivity contribution is 0.0697. The number of benzene rings is 2. The Labute approximate surface area is 365 Å². The van der Waals surface area contributed by atoms with Gasteiger partial charge in [-0.1, -0.05) is 60.7 Å². The van der Waals surface area contributed by atoms with Gasteiger partial charge in [0.15, 0.2) is 0 Å². The summed E-state index contributed by atoms with van der Waals surface area (Å²) in [6.07, 6.45) is 3.44. The minimum atomic E-state index is -0.912. The third-order valence-electron chi connectivity index (χ3n) is 11.4. The van der Waals surface area contributed by atoms with Crippen molar-refractivity contribution in [3.63, 3.8) is 0 Å². The van der Waals surface area contributed by atoms with Crippen LogP contribution in [0.5, 0.6) is 0 Å². The van der Waals surface area contributed by atoms with Gasteiger partial charge in [-0.2, -0.15) is 0 Å². The van der Waals surface area contributed by atoms with E-state index < -0.39 is 5.97 Å². The van der Waals surface area contributed by atoms with E-state index >= 15 is 0 Å². The summed E-state index contributed by atoms with van der Waals surface area (Å²) >= 11 is 0. The van der Waals surface area contributed by atoms with Crippen LogP contribution in [0.4, 0.5) is 0 Å². The molecule has 13 nitrogen and oxygen atoms in total. The predicted molar refractivity (Wildman–Crippen MR) is 249 cm³/mol. The molecule has 13 heteroatoms. The van der Waals surface area contributed by atoms with Crippen molar-refractivity contribution in [2.24, 2.45) is 5.73 Å². The molecule has 6 aromatic heterocycles. The molecular formula is C50H54N8O5. The summed E-state index contributed by atoms with van der Waals surface area (Å²) in [6.45, 7) is 15.9. The Morgan fingerprint density at radius 3 is 1.51 bits per heavy atom. The number of carbonyl (C=O) groups excluding carboxylic acids is 1. The molecule has 6 N–H and O–H groups in total. The fourth-order valence-corrected chi connectivity index (χ4v) is 8.28. The van der Waals surface area contributed by atoms with Crippen molar-refractivity contribution in [3.05, 3.63) is 197 Å². The van der Waals surface area contributed by atoms with Crippen LogP contribution in [0.25, 0.3) is 22.1 Å². The molecule has 8 aromatic rings. The molecule has 0 fully saturated rings. The van der Waals surface area contributed by atoms with Gasteiger partial charge >= 0.3 is 5.97 Å². The molecule has 0 aliphatic carbocycles. The number of carbonyl (C=O) groups is 2. The molecule has 0 aliphatic rings. The lowest BCUT2D eigenvalue weighted by atomic mass is 10.1. The van der Waals surface area contributed by atoms with Crippen LogP contribution in [0, 0.1) is 41.5 Å². The highest BCUT2D eigenvalue weighted by molar-refractivity contribution is 6.07. The van der Waals surface area contributed by atoms with Gasteiger partial charge < -0.3 is 35.3 Å². The monoisotopic (exact) mass is 846 g/mol. The Kier molecular flexibility index (Phi) is 14.0. The van der Waals surface area contributed by atoms with Gasteiger partial charge in [0.2, 0.25) is 0 Å². The second-order valence-corrected chi connectivity index (χ2v) is 15.7. The number of fused-ring (bicyclic) bond motifs is 2. The van der Waals surface area contributed by atoms with E-state index in [1.807, 2.05) is 125 Å². The van der Waals surface area contributed by atoms with Crippen molar-refractivity contribution in [2.75, 3.05) is 0 Å². The van der Waals surface area contributed by atoms with Crippen molar-refractivity contribution >= 4 is 33.9 Å². The summed E-state index contributed by atoms with van der Waals surface area (Å²) in [5.41, 5.74) is 16.1. The number of nitrogens with two attached hydrogens (primary N) is 1. The molecule has 0 radical (unpaired) electrons. The zero-order chi connectivity index (χ0) is 45.5. The zero-order valence-electron chi connectivity index (χ0n) is 36.9. The van der Waals surface area contributed by atoms with E-state index in [9.17, 15) is 24.3 Å². The molecule has 324 valence electrons. The van der Waals surface area contributed by atoms with Gasteiger partial charge in [-0.05, 0) is 114 Å². The van der Waals surface area contributed by atoms with Gasteiger partial charge in [0.1, 0.15) is 11.3 Å². The van der Waals surface area contributed by atoms with E-state index in [2.05, 4.69) is 55.8 Å². The molecule has 2 atom stereocenters. The minimum Gasteiger partial charge on any atom is -0.478 e. The van der Waals surface area contributed by atoms with Crippen molar-refractivity contribution in [2.45, 2.75) is 80.6 Å². The van der Waals surface area contributed by atoms with Crippen LogP contribution in [0.15, 0.2) is 119 Å². The molecule has 0 bridgehead atoms. The molecule has 63 heavy (non-hydrogen) atoms. The van der Waals surface area contributed by atoms with E-state index in [0.717, 1.165) is 56.1 Å². The third kappa shape index (κ3) is 9.58. The number of nitrogens with zero attached hydrogens (tertiary/aromatic N) is 4. The number of nitrogens with one attached hydrogen (secondary N) is 3. The van der Waals surface area contributed by atoms with Gasteiger partial charge in [0, 0.05) is 70.2 Å². The number of carboxylic acid groups (broad SMARTS) is 1. The minimum absolute atomic E-state index is 0.0161. The van der Waals surface area contributed by atoms with Crippen LogP contribution in [0.3, 0.4) is 0 Å². The number of aromatic carboxylic acids is 1. The molecular weight excluding hydrogens is 793 g/mol. The van der Waals surface area contributed by atoms with Crippen LogP contribution in [0.2, 0.25) is 0 Å². The van der Waals surface area contributed by atoms with Crippen LogP contribution >= 0.6 is 0 Å². The summed E-state index contributed by atoms with van der Waals surface area (Å²) in [7, 11) is 0. The summed E-state index contributed by atoms with van der Waals surface area (Å²) in [5, 5.41) is 13.9. The highest BCUT2D eigenvalue weighted by Gasteiger charge is 2.25. The zero-order valence-corrected chi connectivity index (χ0v) is 36.9. The average molecular weight is 847 g/mol. The Morgan fingerprint density at radius 2 is 1.08 bits per heavy atom. The van der Waals surface area contributed by atoms with Gasteiger partial charge in [-0.3, -0.25) is 14.4 Å². The normalized spacial score (nSPS) is 11.9. The van der Waals surface area contributed by atoms with Gasteiger partial charge in [-0.25, -0.2) is 14.8 Å². The quantitative estimate of drug-likeness (QED) is 0.0957. The molecule has 1 amide bonds. The second-order valence-electron chi connectivity index (χ2n) is 15.7. The maximum absolute atomic E-state index is 13.3. The number of amides is 1. The Balaban J connectivity index is 0.000000177. The van der Waals surface area contributed by atoms with Gasteiger partial charge in [0.25, 0.3) is 17.0 Å². The standard InChI is InChI=1S/C25H26N4O2.C17H16N2O2.C8H12N2O/c1-15-13-16(2)28-24(30)21(15)14-27-25(31)22-18(4)29(23-20(22)11-8-12-26-23)17(3)19-9-6-5-7-10-19;1-11(13-7-4-3-5-8-13)19-12(2)15(17(20)21)14-9-6-10-18-16(14)19;1-5-3-6(2)10-8(11)7(5)4-9/h5-13,17H,14H2,1-4H3,(H,27,31)(H,28,30);3-11H,1-2H3,(H,20,21);3H,4,9H2,1-2H3,(H,10,11). The van der Waals surface area contributed by atoms with Crippen LogP contribution in [0.1, 0.15) is 103 Å². The first-order valence-electron chi connectivity index (χ1n) is 20.8. The number of H-pyrrole nitrogens is 2. The number of rotatable bonds is 9. The van der Waals surface area contributed by atoms with E-state index in [-0.39, 0.29) is 35.7 Å². The van der Waals surface area contributed by atoms with E-state index in [4.69, 9.17) is 5.73 Å². The summed E-state index contributed by atoms with van der Waals surface area (Å²) in [6, 6.07) is 31.4. The maximum Gasteiger partial charge on any atom is 0.338 e. The molecule has 0 saturated heterocycles. The number of carboxylic acids is 1. The smallest absolute Gasteiger partial charge is 0.338 e. The topological polar surface area (TPSA) is 194 Å². The van der Waals surface area contributed by atoms with Crippen molar-refractivity contribution < 1.29 is 14.7 Å². The summed E-state index contributed by atoms with van der Waals surface area (Å²) in [4.78, 5) is 62.8. The highest BCUT2D eigenvalue weighted by atomic mass is 16.4. The SMILES string of the molecule is Cc1c(C(=O)O)c2cccnc2n1C(C)c1ccccc1.Cc1cc(C)c(CN)c(=O)[nH]1.Cc1cc(C)c(CNC(=O)c2c(C)n(C(C)c3ccccc3)c3ncccc23)c(=O)[nH]1. The number of aromatic nitrogens is 6. The van der Waals surface area contributed by atoms with Crippen LogP contribution in [-0.2, 0) is 13.1 Å². The van der Waals surface area contributed by atoms with E-state index in [1.165, 1.54) is 0 Å². The van der Waals surface area contributed by atoms with Crippen LogP contribution < -0.4 is 22.2 Å². The van der Waals surface area contributed by atoms with E-state index in [0.29, 0.717) is 39.8 Å². The molecule has 0 spiro atoms. The molecule has 2 unspecified atom stereocenters. The van der Waals surface area contributed by atoms with Gasteiger partial charge in [0.05, 0.1) is 23.2 Å².